The van der Waals surface area contributed by atoms with E-state index in [2.05, 4.69) is 29.6 Å². The minimum Gasteiger partial charge on any atom is -0.394 e. The summed E-state index contributed by atoms with van der Waals surface area (Å²) in [5, 5.41) is 12.6. The maximum atomic E-state index is 9.37. The Morgan fingerprint density at radius 3 is 2.59 bits per heavy atom. The van der Waals surface area contributed by atoms with E-state index >= 15 is 0 Å². The molecule has 1 unspecified atom stereocenters. The van der Waals surface area contributed by atoms with Crippen LogP contribution in [0.5, 0.6) is 0 Å². The van der Waals surface area contributed by atoms with Gasteiger partial charge in [-0.1, -0.05) is 24.3 Å². The quantitative estimate of drug-likeness (QED) is 0.708. The standard InChI is InChI=1S/C14H21NO2/c1-17-9-8-15-14(10-16)13-6-4-12(5-7-13)11-2-3-11/h4-7,11,14-16H,2-3,8-10H2,1H3. The largest absolute Gasteiger partial charge is 0.394 e. The number of nitrogens with one attached hydrogen (secondary N) is 1. The summed E-state index contributed by atoms with van der Waals surface area (Å²) >= 11 is 0. The number of hydrogen-bond donors (Lipinski definition) is 2. The highest BCUT2D eigenvalue weighted by Gasteiger charge is 2.23. The van der Waals surface area contributed by atoms with Gasteiger partial charge < -0.3 is 15.2 Å². The van der Waals surface area contributed by atoms with Gasteiger partial charge in [-0.25, -0.2) is 0 Å². The van der Waals surface area contributed by atoms with Gasteiger partial charge in [0.2, 0.25) is 0 Å². The summed E-state index contributed by atoms with van der Waals surface area (Å²) in [6, 6.07) is 8.63. The molecular formula is C14H21NO2. The van der Waals surface area contributed by atoms with Crippen molar-refractivity contribution in [1.29, 1.82) is 0 Å². The first-order chi connectivity index (χ1) is 8.35. The van der Waals surface area contributed by atoms with E-state index in [0.717, 1.165) is 18.0 Å². The van der Waals surface area contributed by atoms with Gasteiger partial charge >= 0.3 is 0 Å². The van der Waals surface area contributed by atoms with Crippen LogP contribution in [0.3, 0.4) is 0 Å². The van der Waals surface area contributed by atoms with E-state index in [1.807, 2.05) is 0 Å². The zero-order valence-corrected chi connectivity index (χ0v) is 10.4. The summed E-state index contributed by atoms with van der Waals surface area (Å²) < 4.78 is 4.99. The predicted molar refractivity (Wildman–Crippen MR) is 68.1 cm³/mol. The highest BCUT2D eigenvalue weighted by atomic mass is 16.5. The Morgan fingerprint density at radius 2 is 2.06 bits per heavy atom. The molecule has 0 bridgehead atoms. The monoisotopic (exact) mass is 235 g/mol. The molecule has 1 aliphatic carbocycles. The number of methoxy groups -OCH3 is 1. The Morgan fingerprint density at radius 1 is 1.35 bits per heavy atom. The molecule has 0 heterocycles. The Hall–Kier alpha value is -0.900. The summed E-state index contributed by atoms with van der Waals surface area (Å²) in [5.74, 6) is 0.790. The number of hydrogen-bond acceptors (Lipinski definition) is 3. The van der Waals surface area contributed by atoms with Crippen LogP contribution in [0, 0.1) is 0 Å². The van der Waals surface area contributed by atoms with Crippen LogP contribution in [0.25, 0.3) is 0 Å². The number of rotatable bonds is 7. The van der Waals surface area contributed by atoms with E-state index < -0.39 is 0 Å². The molecule has 94 valence electrons. The highest BCUT2D eigenvalue weighted by Crippen LogP contribution is 2.40. The summed E-state index contributed by atoms with van der Waals surface area (Å²) in [6.07, 6.45) is 2.66. The Balaban J connectivity index is 1.92. The van der Waals surface area contributed by atoms with Crippen molar-refractivity contribution in [3.63, 3.8) is 0 Å². The Kier molecular flexibility index (Phi) is 4.54. The molecule has 2 rings (SSSR count). The molecule has 0 aromatic heterocycles. The molecule has 0 saturated heterocycles. The molecule has 1 atom stereocenters. The summed E-state index contributed by atoms with van der Waals surface area (Å²) in [5.41, 5.74) is 2.58. The second-order valence-electron chi connectivity index (χ2n) is 4.62. The minimum atomic E-state index is 0.0124. The molecule has 1 fully saturated rings. The fraction of sp³-hybridized carbons (Fsp3) is 0.571. The normalized spacial score (nSPS) is 17.1. The van der Waals surface area contributed by atoms with Gasteiger partial charge in [0, 0.05) is 13.7 Å². The molecule has 0 spiro atoms. The molecule has 3 heteroatoms. The predicted octanol–water partition coefficient (Wildman–Crippen LogP) is 1.83. The van der Waals surface area contributed by atoms with Crippen LogP contribution in [0.1, 0.15) is 35.9 Å². The molecule has 0 aliphatic heterocycles. The molecule has 17 heavy (non-hydrogen) atoms. The van der Waals surface area contributed by atoms with Crippen LogP contribution in [-0.4, -0.2) is 32.0 Å². The lowest BCUT2D eigenvalue weighted by molar-refractivity contribution is 0.184. The number of aliphatic hydroxyl groups is 1. The third-order valence-electron chi connectivity index (χ3n) is 3.27. The molecule has 2 N–H and O–H groups in total. The van der Waals surface area contributed by atoms with Crippen LogP contribution in [0.2, 0.25) is 0 Å². The Bertz CT molecular complexity index is 333. The summed E-state index contributed by atoms with van der Waals surface area (Å²) in [7, 11) is 1.68. The average molecular weight is 235 g/mol. The van der Waals surface area contributed by atoms with Crippen LogP contribution in [0.4, 0.5) is 0 Å². The van der Waals surface area contributed by atoms with Gasteiger partial charge in [0.1, 0.15) is 0 Å². The molecule has 0 amide bonds. The fourth-order valence-electron chi connectivity index (χ4n) is 2.04. The van der Waals surface area contributed by atoms with Crippen LogP contribution < -0.4 is 5.32 Å². The van der Waals surface area contributed by atoms with Gasteiger partial charge in [0.05, 0.1) is 19.3 Å². The Labute approximate surface area is 103 Å². The molecule has 1 aromatic carbocycles. The van der Waals surface area contributed by atoms with E-state index in [1.165, 1.54) is 18.4 Å². The van der Waals surface area contributed by atoms with Gasteiger partial charge in [-0.3, -0.25) is 0 Å². The molecule has 1 aromatic rings. The fourth-order valence-corrected chi connectivity index (χ4v) is 2.04. The van der Waals surface area contributed by atoms with E-state index in [0.29, 0.717) is 6.61 Å². The van der Waals surface area contributed by atoms with Gasteiger partial charge in [-0.05, 0) is 29.9 Å². The van der Waals surface area contributed by atoms with Gasteiger partial charge in [-0.2, -0.15) is 0 Å². The first-order valence-electron chi connectivity index (χ1n) is 6.28. The van der Waals surface area contributed by atoms with E-state index in [1.54, 1.807) is 7.11 Å². The maximum absolute atomic E-state index is 9.37. The topological polar surface area (TPSA) is 41.5 Å². The first-order valence-corrected chi connectivity index (χ1v) is 6.28. The van der Waals surface area contributed by atoms with Crippen molar-refractivity contribution in [3.8, 4) is 0 Å². The van der Waals surface area contributed by atoms with Gasteiger partial charge in [0.25, 0.3) is 0 Å². The van der Waals surface area contributed by atoms with Gasteiger partial charge in [0.15, 0.2) is 0 Å². The highest BCUT2D eigenvalue weighted by molar-refractivity contribution is 5.29. The van der Waals surface area contributed by atoms with Crippen molar-refractivity contribution in [2.75, 3.05) is 26.9 Å². The van der Waals surface area contributed by atoms with E-state index in [-0.39, 0.29) is 12.6 Å². The summed E-state index contributed by atoms with van der Waals surface area (Å²) in [6.45, 7) is 1.54. The van der Waals surface area contributed by atoms with Crippen molar-refractivity contribution < 1.29 is 9.84 Å². The molecular weight excluding hydrogens is 214 g/mol. The van der Waals surface area contributed by atoms with Crippen molar-refractivity contribution in [3.05, 3.63) is 35.4 Å². The molecule has 0 radical (unpaired) electrons. The average Bonchev–Trinajstić information content (AvgIpc) is 3.19. The van der Waals surface area contributed by atoms with Crippen molar-refractivity contribution in [1.82, 2.24) is 5.32 Å². The number of benzene rings is 1. The smallest absolute Gasteiger partial charge is 0.0626 e. The molecule has 3 nitrogen and oxygen atoms in total. The maximum Gasteiger partial charge on any atom is 0.0626 e. The van der Waals surface area contributed by atoms with Crippen molar-refractivity contribution >= 4 is 0 Å². The first kappa shape index (κ1) is 12.6. The van der Waals surface area contributed by atoms with Crippen molar-refractivity contribution in [2.45, 2.75) is 24.8 Å². The van der Waals surface area contributed by atoms with Crippen LogP contribution >= 0.6 is 0 Å². The second kappa shape index (κ2) is 6.15. The minimum absolute atomic E-state index is 0.0124. The number of aliphatic hydroxyl groups excluding tert-OH is 1. The lowest BCUT2D eigenvalue weighted by Crippen LogP contribution is -2.27. The van der Waals surface area contributed by atoms with Gasteiger partial charge in [-0.15, -0.1) is 0 Å². The van der Waals surface area contributed by atoms with E-state index in [9.17, 15) is 5.11 Å². The lowest BCUT2D eigenvalue weighted by Gasteiger charge is -2.16. The van der Waals surface area contributed by atoms with Crippen LogP contribution in [0.15, 0.2) is 24.3 Å². The van der Waals surface area contributed by atoms with Crippen molar-refractivity contribution in [2.24, 2.45) is 0 Å². The van der Waals surface area contributed by atoms with E-state index in [4.69, 9.17) is 4.74 Å². The second-order valence-corrected chi connectivity index (χ2v) is 4.62. The third kappa shape index (κ3) is 3.53. The molecule has 1 aliphatic rings. The zero-order chi connectivity index (χ0) is 12.1. The molecule has 1 saturated carbocycles. The van der Waals surface area contributed by atoms with Crippen LogP contribution in [-0.2, 0) is 4.74 Å². The summed E-state index contributed by atoms with van der Waals surface area (Å²) in [4.78, 5) is 0. The zero-order valence-electron chi connectivity index (χ0n) is 10.4. The third-order valence-corrected chi connectivity index (χ3v) is 3.27. The number of ether oxygens (including phenoxy) is 1. The lowest BCUT2D eigenvalue weighted by atomic mass is 10.0. The SMILES string of the molecule is COCCNC(CO)c1ccc(C2CC2)cc1.